The van der Waals surface area contributed by atoms with Gasteiger partial charge >= 0.3 is 0 Å². The normalized spacial score (nSPS) is 16.2. The van der Waals surface area contributed by atoms with Gasteiger partial charge in [0.15, 0.2) is 11.5 Å². The van der Waals surface area contributed by atoms with Crippen LogP contribution in [0.5, 0.6) is 11.5 Å². The van der Waals surface area contributed by atoms with E-state index in [1.54, 1.807) is 0 Å². The van der Waals surface area contributed by atoms with Crippen LogP contribution in [-0.2, 0) is 17.6 Å². The van der Waals surface area contributed by atoms with Gasteiger partial charge < -0.3 is 25.8 Å². The summed E-state index contributed by atoms with van der Waals surface area (Å²) in [5.74, 6) is 1.09. The number of nitrogens with two attached hydrogens (primary N) is 1. The van der Waals surface area contributed by atoms with E-state index in [-0.39, 0.29) is 24.4 Å². The highest BCUT2D eigenvalue weighted by Crippen LogP contribution is 2.38. The van der Waals surface area contributed by atoms with Crippen molar-refractivity contribution in [1.29, 1.82) is 0 Å². The number of primary amides is 1. The number of nitrogens with one attached hydrogen (secondary N) is 2. The number of thiophene rings is 1. The Morgan fingerprint density at radius 2 is 1.84 bits per heavy atom. The topological polar surface area (TPSA) is 103 Å². The minimum atomic E-state index is -0.472. The van der Waals surface area contributed by atoms with Gasteiger partial charge in [-0.15, -0.1) is 11.3 Å². The van der Waals surface area contributed by atoms with E-state index in [1.165, 1.54) is 16.2 Å². The van der Waals surface area contributed by atoms with Crippen molar-refractivity contribution in [2.45, 2.75) is 52.0 Å². The minimum Gasteiger partial charge on any atom is -0.490 e. The molecular weight excluding hydrogens is 426 g/mol. The Bertz CT molecular complexity index is 1000. The molecule has 1 aromatic carbocycles. The first-order valence-electron chi connectivity index (χ1n) is 11.3. The highest BCUT2D eigenvalue weighted by Gasteiger charge is 2.25. The smallest absolute Gasteiger partial charge is 0.251 e. The third kappa shape index (κ3) is 4.91. The van der Waals surface area contributed by atoms with Gasteiger partial charge in [-0.2, -0.15) is 0 Å². The molecule has 0 saturated heterocycles. The van der Waals surface area contributed by atoms with Crippen LogP contribution >= 0.6 is 11.3 Å². The molecule has 0 radical (unpaired) electrons. The Morgan fingerprint density at radius 1 is 1.09 bits per heavy atom. The molecule has 8 heteroatoms. The van der Waals surface area contributed by atoms with E-state index >= 15 is 0 Å². The quantitative estimate of drug-likeness (QED) is 0.587. The summed E-state index contributed by atoms with van der Waals surface area (Å²) in [5, 5.41) is 6.87. The highest BCUT2D eigenvalue weighted by atomic mass is 32.1. The van der Waals surface area contributed by atoms with Crippen LogP contribution in [0.4, 0.5) is 5.00 Å². The lowest BCUT2D eigenvalue weighted by Gasteiger charge is -2.23. The summed E-state index contributed by atoms with van der Waals surface area (Å²) in [5.41, 5.74) is 8.19. The molecule has 0 spiro atoms. The van der Waals surface area contributed by atoms with Crippen molar-refractivity contribution in [3.05, 3.63) is 39.8 Å². The van der Waals surface area contributed by atoms with Crippen LogP contribution in [0.25, 0.3) is 0 Å². The Labute approximate surface area is 192 Å². The molecule has 7 nitrogen and oxygen atoms in total. The first kappa shape index (κ1) is 22.6. The number of hydrogen-bond donors (Lipinski definition) is 3. The second kappa shape index (κ2) is 9.92. The van der Waals surface area contributed by atoms with Crippen LogP contribution in [0.3, 0.4) is 0 Å². The van der Waals surface area contributed by atoms with Gasteiger partial charge in [0.2, 0.25) is 5.91 Å². The molecule has 4 rings (SSSR count). The van der Waals surface area contributed by atoms with Crippen molar-refractivity contribution in [1.82, 2.24) is 5.32 Å². The van der Waals surface area contributed by atoms with Gasteiger partial charge in [-0.1, -0.05) is 19.9 Å². The first-order valence-corrected chi connectivity index (χ1v) is 12.1. The van der Waals surface area contributed by atoms with E-state index in [0.29, 0.717) is 23.8 Å². The Morgan fingerprint density at radius 3 is 2.59 bits per heavy atom. The van der Waals surface area contributed by atoms with E-state index in [4.69, 9.17) is 15.2 Å². The first-order chi connectivity index (χ1) is 15.4. The third-order valence-electron chi connectivity index (χ3n) is 5.95. The zero-order chi connectivity index (χ0) is 22.7. The summed E-state index contributed by atoms with van der Waals surface area (Å²) in [7, 11) is 0. The van der Waals surface area contributed by atoms with Crippen LogP contribution in [-0.4, -0.2) is 31.6 Å². The average molecular weight is 458 g/mol. The van der Waals surface area contributed by atoms with Crippen molar-refractivity contribution in [2.24, 2.45) is 11.7 Å². The molecule has 4 N–H and O–H groups in total. The number of ether oxygens (including phenoxy) is 2. The molecule has 1 unspecified atom stereocenters. The van der Waals surface area contributed by atoms with Gasteiger partial charge in [0.05, 0.1) is 25.3 Å². The van der Waals surface area contributed by atoms with Gasteiger partial charge in [-0.05, 0) is 54.9 Å². The van der Waals surface area contributed by atoms with E-state index in [1.807, 2.05) is 18.2 Å². The number of carbonyl (C=O) groups is 2. The maximum absolute atomic E-state index is 12.8. The van der Waals surface area contributed by atoms with Gasteiger partial charge in [0.25, 0.3) is 5.91 Å². The largest absolute Gasteiger partial charge is 0.490 e. The fraction of sp³-hybridized carbons (Fsp3) is 0.500. The van der Waals surface area contributed by atoms with Crippen molar-refractivity contribution >= 4 is 28.2 Å². The van der Waals surface area contributed by atoms with Crippen molar-refractivity contribution in [3.63, 3.8) is 0 Å². The SMILES string of the molecule is CC(C)C(NCC(=O)Nc1sc2c(c1C(N)=O)CCCC2)c1ccc2c(c1)OCCCO2. The molecule has 1 atom stereocenters. The standard InChI is InChI=1S/C24H31N3O4S/c1-14(2)22(15-8-9-17-18(12-15)31-11-5-10-30-17)26-13-20(28)27-24-21(23(25)29)16-6-3-4-7-19(16)32-24/h8-9,12,14,22,26H,3-7,10-11,13H2,1-2H3,(H2,25,29)(H,27,28). The van der Waals surface area contributed by atoms with Gasteiger partial charge in [0, 0.05) is 17.3 Å². The number of rotatable bonds is 7. The fourth-order valence-electron chi connectivity index (χ4n) is 4.40. The lowest BCUT2D eigenvalue weighted by Crippen LogP contribution is -2.34. The molecule has 32 heavy (non-hydrogen) atoms. The summed E-state index contributed by atoms with van der Waals surface area (Å²) in [6.45, 7) is 5.62. The van der Waals surface area contributed by atoms with Crippen LogP contribution in [0, 0.1) is 5.92 Å². The second-order valence-corrected chi connectivity index (χ2v) is 9.79. The van der Waals surface area contributed by atoms with Crippen molar-refractivity contribution in [3.8, 4) is 11.5 Å². The average Bonchev–Trinajstić information content (AvgIpc) is 2.95. The molecular formula is C24H31N3O4S. The molecule has 0 saturated carbocycles. The van der Waals surface area contributed by atoms with Crippen LogP contribution in [0.1, 0.15) is 65.5 Å². The third-order valence-corrected chi connectivity index (χ3v) is 7.16. The van der Waals surface area contributed by atoms with E-state index < -0.39 is 5.91 Å². The molecule has 2 aromatic rings. The molecule has 2 aliphatic rings. The molecule has 0 bridgehead atoms. The Hall–Kier alpha value is -2.58. The van der Waals surface area contributed by atoms with E-state index in [0.717, 1.165) is 54.7 Å². The van der Waals surface area contributed by atoms with Gasteiger partial charge in [-0.25, -0.2) is 0 Å². The molecule has 2 amide bonds. The Kier molecular flexibility index (Phi) is 7.01. The lowest BCUT2D eigenvalue weighted by molar-refractivity contribution is -0.115. The second-order valence-electron chi connectivity index (χ2n) is 8.69. The van der Waals surface area contributed by atoms with Crippen LogP contribution in [0.2, 0.25) is 0 Å². The zero-order valence-corrected chi connectivity index (χ0v) is 19.5. The number of amides is 2. The molecule has 1 aliphatic heterocycles. The van der Waals surface area contributed by atoms with Crippen LogP contribution in [0.15, 0.2) is 18.2 Å². The maximum Gasteiger partial charge on any atom is 0.251 e. The number of fused-ring (bicyclic) bond motifs is 2. The lowest BCUT2D eigenvalue weighted by atomic mass is 9.95. The number of anilines is 1. The monoisotopic (exact) mass is 457 g/mol. The molecule has 0 fully saturated rings. The number of hydrogen-bond acceptors (Lipinski definition) is 6. The molecule has 1 aromatic heterocycles. The molecule has 1 aliphatic carbocycles. The minimum absolute atomic E-state index is 0.0370. The number of benzene rings is 1. The van der Waals surface area contributed by atoms with Crippen molar-refractivity contribution in [2.75, 3.05) is 25.1 Å². The summed E-state index contributed by atoms with van der Waals surface area (Å²) < 4.78 is 11.6. The predicted molar refractivity (Wildman–Crippen MR) is 126 cm³/mol. The predicted octanol–water partition coefficient (Wildman–Crippen LogP) is 3.81. The highest BCUT2D eigenvalue weighted by molar-refractivity contribution is 7.17. The number of aryl methyl sites for hydroxylation is 1. The summed E-state index contributed by atoms with van der Waals surface area (Å²) >= 11 is 1.48. The number of carbonyl (C=O) groups excluding carboxylic acids is 2. The van der Waals surface area contributed by atoms with Crippen molar-refractivity contribution < 1.29 is 19.1 Å². The van der Waals surface area contributed by atoms with Gasteiger partial charge in [0.1, 0.15) is 5.00 Å². The van der Waals surface area contributed by atoms with Crippen LogP contribution < -0.4 is 25.8 Å². The molecule has 172 valence electrons. The Balaban J connectivity index is 1.45. The van der Waals surface area contributed by atoms with Gasteiger partial charge in [-0.3, -0.25) is 9.59 Å². The zero-order valence-electron chi connectivity index (χ0n) is 18.7. The van der Waals surface area contributed by atoms with E-state index in [9.17, 15) is 9.59 Å². The fourth-order valence-corrected chi connectivity index (χ4v) is 5.71. The summed E-state index contributed by atoms with van der Waals surface area (Å²) in [6.07, 6.45) is 4.79. The maximum atomic E-state index is 12.8. The van der Waals surface area contributed by atoms with E-state index in [2.05, 4.69) is 24.5 Å². The summed E-state index contributed by atoms with van der Waals surface area (Å²) in [4.78, 5) is 26.0. The summed E-state index contributed by atoms with van der Waals surface area (Å²) in [6, 6.07) is 5.91. The molecule has 2 heterocycles.